The molecule has 10 nitrogen and oxygen atoms in total. The van der Waals surface area contributed by atoms with E-state index in [0.717, 1.165) is 38.5 Å². The number of amides is 1. The summed E-state index contributed by atoms with van der Waals surface area (Å²) in [7, 11) is 3.53. The van der Waals surface area contributed by atoms with E-state index in [1.807, 2.05) is 16.8 Å². The van der Waals surface area contributed by atoms with Crippen LogP contribution in [0.2, 0.25) is 0 Å². The molecule has 3 aromatic rings. The van der Waals surface area contributed by atoms with Crippen molar-refractivity contribution in [1.29, 1.82) is 0 Å². The Balaban J connectivity index is 1.43. The smallest absolute Gasteiger partial charge is 0.274 e. The number of rotatable bonds is 7. The van der Waals surface area contributed by atoms with Gasteiger partial charge < -0.3 is 25.3 Å². The number of carbonyl (C=O) groups excluding carboxylic acids is 1. The van der Waals surface area contributed by atoms with Gasteiger partial charge in [-0.3, -0.25) is 9.59 Å². The first kappa shape index (κ1) is 22.4. The fourth-order valence-electron chi connectivity index (χ4n) is 4.58. The molecule has 180 valence electrons. The number of aromatic nitrogens is 4. The first-order chi connectivity index (χ1) is 16.4. The zero-order valence-corrected chi connectivity index (χ0v) is 19.8. The second-order valence-electron chi connectivity index (χ2n) is 9.46. The highest BCUT2D eigenvalue weighted by molar-refractivity contribution is 6.00. The number of fused-ring (bicyclic) bond motifs is 1. The van der Waals surface area contributed by atoms with E-state index in [0.29, 0.717) is 28.5 Å². The van der Waals surface area contributed by atoms with Gasteiger partial charge in [0.05, 0.1) is 11.8 Å². The minimum absolute atomic E-state index is 0.0959. The van der Waals surface area contributed by atoms with Gasteiger partial charge in [-0.15, -0.1) is 0 Å². The topological polar surface area (TPSA) is 115 Å². The third-order valence-electron chi connectivity index (χ3n) is 7.02. The molecule has 10 heteroatoms. The van der Waals surface area contributed by atoms with Gasteiger partial charge in [0.25, 0.3) is 11.5 Å². The highest BCUT2D eigenvalue weighted by atomic mass is 16.5. The van der Waals surface area contributed by atoms with Crippen molar-refractivity contribution >= 4 is 28.9 Å². The number of hydrogen-bond donors (Lipinski definition) is 3. The van der Waals surface area contributed by atoms with E-state index < -0.39 is 0 Å². The number of ether oxygens (including phenoxy) is 1. The molecule has 0 radical (unpaired) electrons. The average Bonchev–Trinajstić information content (AvgIpc) is 3.55. The van der Waals surface area contributed by atoms with Crippen LogP contribution in [0.1, 0.15) is 61.8 Å². The van der Waals surface area contributed by atoms with Crippen molar-refractivity contribution in [2.45, 2.75) is 63.1 Å². The lowest BCUT2D eigenvalue weighted by Crippen LogP contribution is -2.36. The molecule has 0 atom stereocenters. The van der Waals surface area contributed by atoms with E-state index >= 15 is 0 Å². The summed E-state index contributed by atoms with van der Waals surface area (Å²) in [4.78, 5) is 30.6. The number of anilines is 3. The molecule has 3 aromatic heterocycles. The van der Waals surface area contributed by atoms with Gasteiger partial charge in [0.1, 0.15) is 22.9 Å². The monoisotopic (exact) mass is 465 g/mol. The van der Waals surface area contributed by atoms with E-state index in [-0.39, 0.29) is 29.2 Å². The minimum Gasteiger partial charge on any atom is -0.379 e. The van der Waals surface area contributed by atoms with Crippen molar-refractivity contribution in [2.75, 3.05) is 24.8 Å². The second-order valence-corrected chi connectivity index (χ2v) is 9.46. The molecule has 2 fully saturated rings. The first-order valence-corrected chi connectivity index (χ1v) is 11.8. The van der Waals surface area contributed by atoms with Crippen molar-refractivity contribution in [3.63, 3.8) is 0 Å². The lowest BCUT2D eigenvalue weighted by molar-refractivity contribution is -0.0324. The largest absolute Gasteiger partial charge is 0.379 e. The van der Waals surface area contributed by atoms with Gasteiger partial charge in [-0.25, -0.2) is 4.98 Å². The quantitative estimate of drug-likeness (QED) is 0.491. The van der Waals surface area contributed by atoms with Crippen LogP contribution in [0.15, 0.2) is 35.4 Å². The van der Waals surface area contributed by atoms with Crippen LogP contribution in [0, 0.1) is 0 Å². The van der Waals surface area contributed by atoms with Gasteiger partial charge in [0.2, 0.25) is 0 Å². The van der Waals surface area contributed by atoms with Gasteiger partial charge in [-0.05, 0) is 57.6 Å². The average molecular weight is 466 g/mol. The molecule has 2 aliphatic carbocycles. The summed E-state index contributed by atoms with van der Waals surface area (Å²) in [5.74, 6) is 0.926. The van der Waals surface area contributed by atoms with Crippen molar-refractivity contribution < 1.29 is 9.53 Å². The van der Waals surface area contributed by atoms with Gasteiger partial charge in [0.15, 0.2) is 5.65 Å². The Morgan fingerprint density at radius 1 is 1.24 bits per heavy atom. The van der Waals surface area contributed by atoms with Crippen LogP contribution in [0.25, 0.3) is 5.65 Å². The lowest BCUT2D eigenvalue weighted by Gasteiger charge is -2.36. The van der Waals surface area contributed by atoms with Crippen molar-refractivity contribution in [3.05, 3.63) is 46.5 Å². The Labute approximate surface area is 197 Å². The molecule has 5 rings (SSSR count). The van der Waals surface area contributed by atoms with E-state index in [2.05, 4.69) is 33.0 Å². The number of methoxy groups -OCH3 is 1. The maximum Gasteiger partial charge on any atom is 0.274 e. The number of nitrogens with zero attached hydrogens (tertiary/aromatic N) is 4. The van der Waals surface area contributed by atoms with Crippen LogP contribution < -0.4 is 21.5 Å². The van der Waals surface area contributed by atoms with Gasteiger partial charge in [-0.2, -0.15) is 9.61 Å². The van der Waals surface area contributed by atoms with Gasteiger partial charge >= 0.3 is 0 Å². The summed E-state index contributed by atoms with van der Waals surface area (Å²) in [5, 5.41) is 13.6. The number of pyridine rings is 1. The Morgan fingerprint density at radius 2 is 2.00 bits per heavy atom. The van der Waals surface area contributed by atoms with Gasteiger partial charge in [-0.1, -0.05) is 0 Å². The number of nitrogens with one attached hydrogen (secondary N) is 3. The molecule has 34 heavy (non-hydrogen) atoms. The Bertz CT molecular complexity index is 1270. The third-order valence-corrected chi connectivity index (χ3v) is 7.02. The lowest BCUT2D eigenvalue weighted by atomic mass is 9.83. The number of carbonyl (C=O) groups is 1. The summed E-state index contributed by atoms with van der Waals surface area (Å²) in [6.45, 7) is 2.13. The molecule has 0 aliphatic heterocycles. The Hall–Kier alpha value is -3.40. The summed E-state index contributed by atoms with van der Waals surface area (Å²) in [6, 6.07) is 5.76. The summed E-state index contributed by atoms with van der Waals surface area (Å²) < 4.78 is 9.04. The molecule has 0 spiro atoms. The van der Waals surface area contributed by atoms with Crippen LogP contribution in [0.4, 0.5) is 17.3 Å². The fraction of sp³-hybridized carbons (Fsp3) is 0.500. The highest BCUT2D eigenvalue weighted by Gasteiger charge is 2.32. The summed E-state index contributed by atoms with van der Waals surface area (Å²) in [6.07, 6.45) is 8.97. The van der Waals surface area contributed by atoms with E-state index in [4.69, 9.17) is 4.74 Å². The van der Waals surface area contributed by atoms with Crippen molar-refractivity contribution in [3.8, 4) is 0 Å². The normalized spacial score (nSPS) is 22.5. The molecule has 2 aliphatic rings. The Kier molecular flexibility index (Phi) is 5.76. The second kappa shape index (κ2) is 8.75. The zero-order chi connectivity index (χ0) is 23.9. The van der Waals surface area contributed by atoms with E-state index in [1.165, 1.54) is 6.20 Å². The third kappa shape index (κ3) is 4.25. The van der Waals surface area contributed by atoms with Crippen LogP contribution in [-0.4, -0.2) is 50.9 Å². The molecule has 0 aromatic carbocycles. The predicted octanol–water partition coefficient (Wildman–Crippen LogP) is 3.09. The van der Waals surface area contributed by atoms with Crippen molar-refractivity contribution in [1.82, 2.24) is 24.5 Å². The molecule has 3 heterocycles. The van der Waals surface area contributed by atoms with Gasteiger partial charge in [0, 0.05) is 38.5 Å². The zero-order valence-electron chi connectivity index (χ0n) is 19.8. The van der Waals surface area contributed by atoms with E-state index in [1.54, 1.807) is 30.8 Å². The molecule has 0 saturated heterocycles. The number of hydrogen-bond acceptors (Lipinski definition) is 7. The molecular formula is C24H31N7O3. The fourth-order valence-corrected chi connectivity index (χ4v) is 4.58. The molecule has 2 saturated carbocycles. The minimum atomic E-state index is -0.188. The maximum atomic E-state index is 13.3. The van der Waals surface area contributed by atoms with Crippen molar-refractivity contribution in [2.24, 2.45) is 0 Å². The van der Waals surface area contributed by atoms with Crippen LogP contribution in [0.3, 0.4) is 0 Å². The molecule has 3 N–H and O–H groups in total. The van der Waals surface area contributed by atoms with E-state index in [9.17, 15) is 9.59 Å². The maximum absolute atomic E-state index is 13.3. The van der Waals surface area contributed by atoms with Crippen LogP contribution in [-0.2, 0) is 4.74 Å². The first-order valence-electron chi connectivity index (χ1n) is 11.8. The predicted molar refractivity (Wildman–Crippen MR) is 130 cm³/mol. The standard InChI is InChI=1S/C24H31N7O3/c1-24(34-3)10-8-16(9-11-24)30-12-4-5-18(23(30)33)28-19-13-20(25-2)31-21(29-19)17(14-26-31)22(32)27-15-6-7-15/h4-5,12-16,25H,6-11H2,1-3H3,(H,27,32)(H,28,29). The molecule has 0 unspecified atom stereocenters. The molecular weight excluding hydrogens is 434 g/mol. The molecule has 0 bridgehead atoms. The highest BCUT2D eigenvalue weighted by Crippen LogP contribution is 2.36. The van der Waals surface area contributed by atoms with Crippen LogP contribution in [0.5, 0.6) is 0 Å². The van der Waals surface area contributed by atoms with Crippen LogP contribution >= 0.6 is 0 Å². The summed E-state index contributed by atoms with van der Waals surface area (Å²) in [5.41, 5.74) is 1.05. The SMILES string of the molecule is CNc1cc(Nc2cccn(C3CCC(C)(OC)CC3)c2=O)nc2c(C(=O)NC3CC3)cnn12. The summed E-state index contributed by atoms with van der Waals surface area (Å²) >= 11 is 0. The Morgan fingerprint density at radius 3 is 2.68 bits per heavy atom. The molecule has 1 amide bonds.